The van der Waals surface area contributed by atoms with E-state index in [4.69, 9.17) is 0 Å². The average molecular weight is 220 g/mol. The van der Waals surface area contributed by atoms with Crippen molar-refractivity contribution in [3.8, 4) is 0 Å². The van der Waals surface area contributed by atoms with Gasteiger partial charge in [0.15, 0.2) is 0 Å². The maximum absolute atomic E-state index is 10.2. The van der Waals surface area contributed by atoms with E-state index in [1.807, 2.05) is 14.1 Å². The quantitative estimate of drug-likeness (QED) is 0.532. The smallest absolute Gasteiger partial charge is 0.254 e. The van der Waals surface area contributed by atoms with Gasteiger partial charge in [0.2, 0.25) is 0 Å². The van der Waals surface area contributed by atoms with E-state index in [2.05, 4.69) is 4.90 Å². The van der Waals surface area contributed by atoms with Crippen molar-refractivity contribution in [1.82, 2.24) is 4.90 Å². The fourth-order valence-electron chi connectivity index (χ4n) is 1.06. The first-order valence-electron chi connectivity index (χ1n) is 3.87. The van der Waals surface area contributed by atoms with Gasteiger partial charge in [-0.05, 0) is 14.1 Å². The van der Waals surface area contributed by atoms with E-state index >= 15 is 0 Å². The second-order valence-corrected chi connectivity index (χ2v) is 5.71. The molecule has 1 heterocycles. The molecule has 0 aromatic rings. The molecule has 0 aromatic carbocycles. The van der Waals surface area contributed by atoms with E-state index < -0.39 is 0 Å². The highest BCUT2D eigenvalue weighted by atomic mass is 32.2. The van der Waals surface area contributed by atoms with Crippen LogP contribution < -0.4 is 0 Å². The Kier molecular flexibility index (Phi) is 4.08. The Bertz CT molecular complexity index is 231. The Morgan fingerprint density at radius 2 is 2.46 bits per heavy atom. The molecule has 0 aromatic heterocycles. The molecule has 4 nitrogen and oxygen atoms in total. The second kappa shape index (κ2) is 4.88. The lowest BCUT2D eigenvalue weighted by atomic mass is 10.4. The predicted octanol–water partition coefficient (Wildman–Crippen LogP) is 1.47. The third kappa shape index (κ3) is 4.02. The molecule has 1 fully saturated rings. The number of hydrogen-bond acceptors (Lipinski definition) is 5. The molecule has 6 heteroatoms. The van der Waals surface area contributed by atoms with E-state index in [1.54, 1.807) is 23.5 Å². The minimum absolute atomic E-state index is 0.382. The van der Waals surface area contributed by atoms with Crippen LogP contribution in [-0.2, 0) is 0 Å². The number of nitrogens with zero attached hydrogens (tertiary/aromatic N) is 2. The molecule has 1 atom stereocenters. The van der Waals surface area contributed by atoms with Crippen LogP contribution in [0.5, 0.6) is 0 Å². The van der Waals surface area contributed by atoms with Crippen LogP contribution in [0.15, 0.2) is 10.4 Å². The first kappa shape index (κ1) is 10.9. The van der Waals surface area contributed by atoms with Gasteiger partial charge in [0.25, 0.3) is 6.20 Å². The molecule has 1 aliphatic rings. The topological polar surface area (TPSA) is 46.4 Å². The first-order valence-corrected chi connectivity index (χ1v) is 5.74. The summed E-state index contributed by atoms with van der Waals surface area (Å²) < 4.78 is 0.830. The highest BCUT2D eigenvalue weighted by Gasteiger charge is 2.23. The molecule has 0 bridgehead atoms. The van der Waals surface area contributed by atoms with Gasteiger partial charge in [0.05, 0.1) is 4.92 Å². The molecule has 13 heavy (non-hydrogen) atoms. The molecule has 1 rings (SSSR count). The number of thioether (sulfide) groups is 2. The molecule has 0 unspecified atom stereocenters. The zero-order chi connectivity index (χ0) is 9.84. The van der Waals surface area contributed by atoms with E-state index in [1.165, 1.54) is 0 Å². The molecule has 74 valence electrons. The van der Waals surface area contributed by atoms with Crippen molar-refractivity contribution in [3.63, 3.8) is 0 Å². The zero-order valence-electron chi connectivity index (χ0n) is 7.60. The number of hydrogen-bond donors (Lipinski definition) is 0. The molecule has 1 aliphatic heterocycles. The van der Waals surface area contributed by atoms with Crippen molar-refractivity contribution in [3.05, 3.63) is 20.6 Å². The van der Waals surface area contributed by atoms with Crippen LogP contribution in [0.25, 0.3) is 0 Å². The Labute approximate surface area is 85.9 Å². The van der Waals surface area contributed by atoms with Crippen LogP contribution in [0.2, 0.25) is 0 Å². The van der Waals surface area contributed by atoms with Gasteiger partial charge in [-0.25, -0.2) is 0 Å². The Balaban J connectivity index is 2.40. The molecule has 1 saturated heterocycles. The van der Waals surface area contributed by atoms with E-state index in [9.17, 15) is 10.1 Å². The lowest BCUT2D eigenvalue weighted by Gasteiger charge is -2.13. The summed E-state index contributed by atoms with van der Waals surface area (Å²) in [6.45, 7) is 0.979. The maximum Gasteiger partial charge on any atom is 0.254 e. The summed E-state index contributed by atoms with van der Waals surface area (Å²) in [5.74, 6) is 0.975. The van der Waals surface area contributed by atoms with Gasteiger partial charge in [-0.1, -0.05) is 0 Å². The maximum atomic E-state index is 10.2. The Hall–Kier alpha value is -0.200. The fourth-order valence-corrected chi connectivity index (χ4v) is 3.88. The summed E-state index contributed by atoms with van der Waals surface area (Å²) in [5.41, 5.74) is 0. The van der Waals surface area contributed by atoms with Crippen LogP contribution in [-0.4, -0.2) is 41.5 Å². The summed E-state index contributed by atoms with van der Waals surface area (Å²) in [5, 5.41) is 10.7. The van der Waals surface area contributed by atoms with Gasteiger partial charge in [-0.3, -0.25) is 10.1 Å². The molecule has 0 aliphatic carbocycles. The highest BCUT2D eigenvalue weighted by Crippen LogP contribution is 2.41. The molecule has 0 N–H and O–H groups in total. The van der Waals surface area contributed by atoms with Crippen LogP contribution in [0.4, 0.5) is 0 Å². The molecule has 0 amide bonds. The van der Waals surface area contributed by atoms with Gasteiger partial charge in [-0.2, -0.15) is 0 Å². The SMILES string of the molecule is CN(C)C[C@H]1CS/C(=C\[N+](=O)[O-])S1. The predicted molar refractivity (Wildman–Crippen MR) is 57.5 cm³/mol. The minimum atomic E-state index is -0.382. The number of rotatable bonds is 3. The zero-order valence-corrected chi connectivity index (χ0v) is 9.23. The molecule has 0 saturated carbocycles. The summed E-state index contributed by atoms with van der Waals surface area (Å²) in [4.78, 5) is 11.9. The van der Waals surface area contributed by atoms with Crippen molar-refractivity contribution in [1.29, 1.82) is 0 Å². The summed E-state index contributed by atoms with van der Waals surface area (Å²) in [7, 11) is 4.03. The van der Waals surface area contributed by atoms with Crippen LogP contribution in [0.1, 0.15) is 0 Å². The van der Waals surface area contributed by atoms with Gasteiger partial charge in [-0.15, -0.1) is 23.5 Å². The van der Waals surface area contributed by atoms with Gasteiger partial charge < -0.3 is 4.90 Å². The van der Waals surface area contributed by atoms with Crippen molar-refractivity contribution >= 4 is 23.5 Å². The number of nitro groups is 1. The van der Waals surface area contributed by atoms with Crippen molar-refractivity contribution in [2.75, 3.05) is 26.4 Å². The lowest BCUT2D eigenvalue weighted by Crippen LogP contribution is -2.23. The van der Waals surface area contributed by atoms with Crippen LogP contribution in [0.3, 0.4) is 0 Å². The normalized spacial score (nSPS) is 25.8. The molecular formula is C7H12N2O2S2. The Morgan fingerprint density at radius 3 is 3.00 bits per heavy atom. The monoisotopic (exact) mass is 220 g/mol. The van der Waals surface area contributed by atoms with E-state index in [-0.39, 0.29) is 4.92 Å². The summed E-state index contributed by atoms with van der Waals surface area (Å²) in [6.07, 6.45) is 1.10. The van der Waals surface area contributed by atoms with Gasteiger partial charge in [0, 0.05) is 17.5 Å². The summed E-state index contributed by atoms with van der Waals surface area (Å²) in [6, 6.07) is 0. The van der Waals surface area contributed by atoms with Crippen molar-refractivity contribution < 1.29 is 4.92 Å². The summed E-state index contributed by atoms with van der Waals surface area (Å²) >= 11 is 3.18. The molecule has 0 radical (unpaired) electrons. The fraction of sp³-hybridized carbons (Fsp3) is 0.714. The van der Waals surface area contributed by atoms with Crippen LogP contribution >= 0.6 is 23.5 Å². The van der Waals surface area contributed by atoms with Crippen molar-refractivity contribution in [2.24, 2.45) is 0 Å². The highest BCUT2D eigenvalue weighted by molar-refractivity contribution is 8.25. The first-order chi connectivity index (χ1) is 6.08. The molecular weight excluding hydrogens is 208 g/mol. The second-order valence-electron chi connectivity index (χ2n) is 3.05. The van der Waals surface area contributed by atoms with Gasteiger partial charge >= 0.3 is 0 Å². The lowest BCUT2D eigenvalue weighted by molar-refractivity contribution is -0.402. The van der Waals surface area contributed by atoms with Gasteiger partial charge in [0.1, 0.15) is 4.24 Å². The van der Waals surface area contributed by atoms with Crippen molar-refractivity contribution in [2.45, 2.75) is 5.25 Å². The van der Waals surface area contributed by atoms with Crippen LogP contribution in [0, 0.1) is 10.1 Å². The largest absolute Gasteiger partial charge is 0.308 e. The van der Waals surface area contributed by atoms with E-state index in [0.717, 1.165) is 22.7 Å². The average Bonchev–Trinajstić information content (AvgIpc) is 2.33. The standard InChI is InChI=1S/C7H12N2O2S2/c1-8(2)3-6-5-12-7(13-6)4-9(10)11/h4,6H,3,5H2,1-2H3/b7-4+/t6-/m0/s1. The minimum Gasteiger partial charge on any atom is -0.308 e. The third-order valence-electron chi connectivity index (χ3n) is 1.47. The Morgan fingerprint density at radius 1 is 1.77 bits per heavy atom. The molecule has 0 spiro atoms. The van der Waals surface area contributed by atoms with E-state index in [0.29, 0.717) is 5.25 Å². The third-order valence-corrected chi connectivity index (χ3v) is 4.27.